The summed E-state index contributed by atoms with van der Waals surface area (Å²) in [6.07, 6.45) is 0. The molecule has 14 heavy (non-hydrogen) atoms. The van der Waals surface area contributed by atoms with Gasteiger partial charge in [0.05, 0.1) is 0 Å². The van der Waals surface area contributed by atoms with Crippen molar-refractivity contribution < 1.29 is 9.90 Å². The topological polar surface area (TPSA) is 119 Å². The van der Waals surface area contributed by atoms with Gasteiger partial charge in [-0.1, -0.05) is 0 Å². The van der Waals surface area contributed by atoms with Gasteiger partial charge in [0.1, 0.15) is 6.54 Å². The van der Waals surface area contributed by atoms with Crippen molar-refractivity contribution in [2.24, 2.45) is 0 Å². The number of nitrogens with zero attached hydrogens (tertiary/aromatic N) is 2. The Bertz CT molecular complexity index is 448. The highest BCUT2D eigenvalue weighted by Crippen LogP contribution is 1.94. The van der Waals surface area contributed by atoms with Gasteiger partial charge in [-0.3, -0.25) is 14.6 Å². The largest absolute Gasteiger partial charge is 0.480 e. The monoisotopic (exact) mass is 200 g/mol. The van der Waals surface area contributed by atoms with Gasteiger partial charge in [-0.05, 0) is 0 Å². The van der Waals surface area contributed by atoms with Gasteiger partial charge >= 0.3 is 11.7 Å². The van der Waals surface area contributed by atoms with E-state index in [1.165, 1.54) is 7.05 Å². The van der Waals surface area contributed by atoms with E-state index >= 15 is 0 Å². The van der Waals surface area contributed by atoms with Gasteiger partial charge in [0.25, 0.3) is 5.56 Å². The van der Waals surface area contributed by atoms with Crippen LogP contribution in [0, 0.1) is 0 Å². The minimum Gasteiger partial charge on any atom is -0.480 e. The first-order chi connectivity index (χ1) is 6.50. The number of aromatic amines is 2. The van der Waals surface area contributed by atoms with Crippen molar-refractivity contribution in [3.63, 3.8) is 0 Å². The number of rotatable bonds is 3. The second kappa shape index (κ2) is 3.73. The summed E-state index contributed by atoms with van der Waals surface area (Å²) in [5.74, 6) is -1.24. The Kier molecular flexibility index (Phi) is 2.65. The normalized spacial score (nSPS) is 9.79. The van der Waals surface area contributed by atoms with E-state index in [0.29, 0.717) is 0 Å². The third-order valence-electron chi connectivity index (χ3n) is 1.43. The van der Waals surface area contributed by atoms with Crippen LogP contribution in [-0.2, 0) is 4.79 Å². The van der Waals surface area contributed by atoms with E-state index in [9.17, 15) is 14.4 Å². The standard InChI is InChI=1S/C6H8N4O4/c1-10(2-3(11)12)4-5(13)7-6(14)9-8-4/h2H2,1H3,(H,11,12)(H2,7,9,13,14). The van der Waals surface area contributed by atoms with Crippen LogP contribution >= 0.6 is 0 Å². The van der Waals surface area contributed by atoms with Crippen LogP contribution in [0.5, 0.6) is 0 Å². The van der Waals surface area contributed by atoms with E-state index in [1.54, 1.807) is 0 Å². The molecule has 76 valence electrons. The second-order valence-corrected chi connectivity index (χ2v) is 2.58. The molecule has 0 aliphatic heterocycles. The number of H-pyrrole nitrogens is 2. The minimum absolute atomic E-state index is 0.146. The molecule has 3 N–H and O–H groups in total. The number of nitrogens with one attached hydrogen (secondary N) is 2. The number of carbonyl (C=O) groups is 1. The van der Waals surface area contributed by atoms with Crippen LogP contribution in [-0.4, -0.2) is 39.8 Å². The second-order valence-electron chi connectivity index (χ2n) is 2.58. The molecule has 8 heteroatoms. The molecule has 1 aromatic heterocycles. The Morgan fingerprint density at radius 1 is 1.57 bits per heavy atom. The molecule has 8 nitrogen and oxygen atoms in total. The van der Waals surface area contributed by atoms with Crippen LogP contribution in [0.2, 0.25) is 0 Å². The van der Waals surface area contributed by atoms with Crippen LogP contribution in [0.1, 0.15) is 0 Å². The first-order valence-electron chi connectivity index (χ1n) is 3.62. The van der Waals surface area contributed by atoms with E-state index in [0.717, 1.165) is 4.90 Å². The summed E-state index contributed by atoms with van der Waals surface area (Å²) < 4.78 is 0. The number of carboxylic acids is 1. The van der Waals surface area contributed by atoms with Gasteiger partial charge in [-0.15, -0.1) is 5.10 Å². The predicted octanol–water partition coefficient (Wildman–Crippen LogP) is -2.02. The van der Waals surface area contributed by atoms with E-state index in [1.807, 2.05) is 10.1 Å². The molecule has 1 heterocycles. The van der Waals surface area contributed by atoms with Crippen molar-refractivity contribution in [1.82, 2.24) is 15.2 Å². The van der Waals surface area contributed by atoms with Gasteiger partial charge in [-0.25, -0.2) is 9.89 Å². The summed E-state index contributed by atoms with van der Waals surface area (Å²) in [5, 5.41) is 13.8. The fourth-order valence-corrected chi connectivity index (χ4v) is 0.878. The highest BCUT2D eigenvalue weighted by atomic mass is 16.4. The van der Waals surface area contributed by atoms with Crippen molar-refractivity contribution in [2.75, 3.05) is 18.5 Å². The maximum Gasteiger partial charge on any atom is 0.342 e. The molecule has 1 aromatic rings. The number of aromatic nitrogens is 3. The first-order valence-corrected chi connectivity index (χ1v) is 3.62. The lowest BCUT2D eigenvalue weighted by Gasteiger charge is -2.12. The van der Waals surface area contributed by atoms with Crippen molar-refractivity contribution in [1.29, 1.82) is 0 Å². The number of hydrogen-bond acceptors (Lipinski definition) is 5. The number of hydrogen-bond donors (Lipinski definition) is 3. The van der Waals surface area contributed by atoms with E-state index in [2.05, 4.69) is 5.10 Å². The number of anilines is 1. The van der Waals surface area contributed by atoms with Crippen LogP contribution in [0.3, 0.4) is 0 Å². The first kappa shape index (κ1) is 9.96. The van der Waals surface area contributed by atoms with E-state index in [4.69, 9.17) is 5.11 Å². The SMILES string of the molecule is CN(CC(=O)O)c1n[nH]c(=O)[nH]c1=O. The molecule has 0 unspecified atom stereocenters. The summed E-state index contributed by atoms with van der Waals surface area (Å²) in [5.41, 5.74) is -1.46. The fraction of sp³-hybridized carbons (Fsp3) is 0.333. The van der Waals surface area contributed by atoms with Crippen molar-refractivity contribution >= 4 is 11.8 Å². The summed E-state index contributed by atoms with van der Waals surface area (Å²) in [6, 6.07) is 0. The van der Waals surface area contributed by atoms with Gasteiger partial charge < -0.3 is 10.0 Å². The third-order valence-corrected chi connectivity index (χ3v) is 1.43. The highest BCUT2D eigenvalue weighted by Gasteiger charge is 2.10. The lowest BCUT2D eigenvalue weighted by molar-refractivity contribution is -0.135. The number of aliphatic carboxylic acids is 1. The van der Waals surface area contributed by atoms with Crippen molar-refractivity contribution in [3.05, 3.63) is 20.8 Å². The Morgan fingerprint density at radius 3 is 2.71 bits per heavy atom. The van der Waals surface area contributed by atoms with E-state index < -0.39 is 17.2 Å². The molecule has 0 radical (unpaired) electrons. The molecule has 0 aliphatic carbocycles. The Hall–Kier alpha value is -2.12. The zero-order chi connectivity index (χ0) is 10.7. The number of carboxylic acid groups (broad SMARTS) is 1. The van der Waals surface area contributed by atoms with E-state index in [-0.39, 0.29) is 12.4 Å². The lowest BCUT2D eigenvalue weighted by Crippen LogP contribution is -2.35. The average molecular weight is 200 g/mol. The molecule has 0 atom stereocenters. The average Bonchev–Trinajstić information content (AvgIpc) is 2.01. The predicted molar refractivity (Wildman–Crippen MR) is 46.4 cm³/mol. The fourth-order valence-electron chi connectivity index (χ4n) is 0.878. The maximum absolute atomic E-state index is 11.1. The van der Waals surface area contributed by atoms with Crippen LogP contribution in [0.15, 0.2) is 9.59 Å². The summed E-state index contributed by atoms with van der Waals surface area (Å²) in [4.78, 5) is 35.0. The molecular formula is C6H8N4O4. The molecule has 0 aliphatic rings. The molecule has 0 saturated heterocycles. The Balaban J connectivity index is 3.02. The van der Waals surface area contributed by atoms with Gasteiger partial charge in [0.2, 0.25) is 5.82 Å². The zero-order valence-electron chi connectivity index (χ0n) is 7.27. The summed E-state index contributed by atoms with van der Waals surface area (Å²) in [7, 11) is 1.38. The minimum atomic E-state index is -1.10. The molecule has 0 bridgehead atoms. The quantitative estimate of drug-likeness (QED) is 0.518. The summed E-state index contributed by atoms with van der Waals surface area (Å²) in [6.45, 7) is -0.373. The molecule has 0 aromatic carbocycles. The highest BCUT2D eigenvalue weighted by molar-refractivity contribution is 5.72. The Labute approximate surface area is 77.2 Å². The molecular weight excluding hydrogens is 192 g/mol. The van der Waals surface area contributed by atoms with Gasteiger partial charge in [0, 0.05) is 7.05 Å². The van der Waals surface area contributed by atoms with Crippen molar-refractivity contribution in [2.45, 2.75) is 0 Å². The van der Waals surface area contributed by atoms with Crippen LogP contribution in [0.25, 0.3) is 0 Å². The van der Waals surface area contributed by atoms with Gasteiger partial charge in [0.15, 0.2) is 0 Å². The number of likely N-dealkylation sites (N-methyl/N-ethyl adjacent to an activating group) is 1. The zero-order valence-corrected chi connectivity index (χ0v) is 7.27. The van der Waals surface area contributed by atoms with Crippen LogP contribution in [0.4, 0.5) is 5.82 Å². The molecule has 0 spiro atoms. The molecule has 0 fully saturated rings. The molecule has 1 rings (SSSR count). The summed E-state index contributed by atoms with van der Waals surface area (Å²) >= 11 is 0. The van der Waals surface area contributed by atoms with Crippen molar-refractivity contribution in [3.8, 4) is 0 Å². The third kappa shape index (κ3) is 2.19. The van der Waals surface area contributed by atoms with Gasteiger partial charge in [-0.2, -0.15) is 0 Å². The maximum atomic E-state index is 11.1. The smallest absolute Gasteiger partial charge is 0.342 e. The van der Waals surface area contributed by atoms with Crippen LogP contribution < -0.4 is 16.1 Å². The lowest BCUT2D eigenvalue weighted by atomic mass is 10.5. The molecule has 0 saturated carbocycles. The Morgan fingerprint density at radius 2 is 2.21 bits per heavy atom. The molecule has 0 amide bonds.